The molecule has 0 bridgehead atoms. The average Bonchev–Trinajstić information content (AvgIpc) is 2.59. The van der Waals surface area contributed by atoms with Crippen molar-refractivity contribution >= 4 is 18.3 Å². The van der Waals surface area contributed by atoms with Gasteiger partial charge in [0.15, 0.2) is 0 Å². The maximum atomic E-state index is 12.9. The maximum Gasteiger partial charge on any atom is 0.227 e. The van der Waals surface area contributed by atoms with E-state index in [9.17, 15) is 4.79 Å². The van der Waals surface area contributed by atoms with Crippen LogP contribution < -0.4 is 5.32 Å². The summed E-state index contributed by atoms with van der Waals surface area (Å²) in [7, 11) is 0. The lowest BCUT2D eigenvalue weighted by Crippen LogP contribution is -2.49. The fraction of sp³-hybridized carbons (Fsp3) is 0.368. The van der Waals surface area contributed by atoms with E-state index in [2.05, 4.69) is 42.3 Å². The minimum absolute atomic E-state index is 0. The number of aryl methyl sites for hydroxylation is 2. The van der Waals surface area contributed by atoms with Crippen LogP contribution in [0.2, 0.25) is 0 Å². The van der Waals surface area contributed by atoms with Gasteiger partial charge in [0.2, 0.25) is 5.91 Å². The number of piperazine rings is 1. The van der Waals surface area contributed by atoms with Crippen molar-refractivity contribution in [3.05, 3.63) is 65.0 Å². The number of hydrogen-bond donors (Lipinski definition) is 1. The number of pyridine rings is 1. The molecule has 1 amide bonds. The molecule has 0 spiro atoms. The van der Waals surface area contributed by atoms with Crippen LogP contribution in [0.4, 0.5) is 0 Å². The van der Waals surface area contributed by atoms with Gasteiger partial charge in [-0.3, -0.25) is 9.78 Å². The number of carbonyl (C=O) groups excluding carboxylic acids is 1. The lowest BCUT2D eigenvalue weighted by molar-refractivity contribution is -0.133. The Bertz CT molecular complexity index is 690. The average molecular weight is 346 g/mol. The third kappa shape index (κ3) is 4.13. The number of amides is 1. The molecule has 5 heteroatoms. The molecular weight excluding hydrogens is 322 g/mol. The number of nitrogens with one attached hydrogen (secondary N) is 1. The second-order valence-corrected chi connectivity index (χ2v) is 6.20. The highest BCUT2D eigenvalue weighted by atomic mass is 35.5. The zero-order valence-corrected chi connectivity index (χ0v) is 15.0. The number of nitrogens with zero attached hydrogens (tertiary/aromatic N) is 2. The Morgan fingerprint density at radius 2 is 2.17 bits per heavy atom. The molecule has 128 valence electrons. The van der Waals surface area contributed by atoms with E-state index < -0.39 is 0 Å². The Morgan fingerprint density at radius 1 is 1.33 bits per heavy atom. The van der Waals surface area contributed by atoms with Gasteiger partial charge in [-0.2, -0.15) is 0 Å². The molecule has 1 N–H and O–H groups in total. The highest BCUT2D eigenvalue weighted by molar-refractivity contribution is 5.85. The van der Waals surface area contributed by atoms with E-state index in [1.54, 1.807) is 6.20 Å². The van der Waals surface area contributed by atoms with Crippen molar-refractivity contribution in [3.63, 3.8) is 0 Å². The zero-order valence-electron chi connectivity index (χ0n) is 14.2. The van der Waals surface area contributed by atoms with E-state index in [-0.39, 0.29) is 24.4 Å². The van der Waals surface area contributed by atoms with Gasteiger partial charge < -0.3 is 10.2 Å². The van der Waals surface area contributed by atoms with E-state index in [0.29, 0.717) is 6.42 Å². The number of carbonyl (C=O) groups is 1. The molecule has 2 aromatic rings. The van der Waals surface area contributed by atoms with Gasteiger partial charge >= 0.3 is 0 Å². The Hall–Kier alpha value is -1.91. The van der Waals surface area contributed by atoms with Gasteiger partial charge in [-0.15, -0.1) is 12.4 Å². The van der Waals surface area contributed by atoms with E-state index in [1.165, 1.54) is 11.1 Å². The van der Waals surface area contributed by atoms with Crippen molar-refractivity contribution in [1.29, 1.82) is 0 Å². The van der Waals surface area contributed by atoms with Gasteiger partial charge in [0, 0.05) is 32.0 Å². The van der Waals surface area contributed by atoms with Crippen LogP contribution in [0, 0.1) is 13.8 Å². The molecule has 1 aliphatic heterocycles. The SMILES string of the molecule is Cc1ccc(C)c(CC(=O)N2CCNCC2c2cccnc2)c1.Cl. The van der Waals surface area contributed by atoms with Crippen LogP contribution in [0.1, 0.15) is 28.3 Å². The summed E-state index contributed by atoms with van der Waals surface area (Å²) in [6.07, 6.45) is 4.09. The van der Waals surface area contributed by atoms with Crippen LogP contribution in [-0.2, 0) is 11.2 Å². The van der Waals surface area contributed by atoms with Crippen LogP contribution in [-0.4, -0.2) is 35.4 Å². The smallest absolute Gasteiger partial charge is 0.227 e. The second-order valence-electron chi connectivity index (χ2n) is 6.20. The summed E-state index contributed by atoms with van der Waals surface area (Å²) in [6, 6.07) is 10.3. The quantitative estimate of drug-likeness (QED) is 0.930. The molecule has 1 aromatic heterocycles. The molecule has 24 heavy (non-hydrogen) atoms. The minimum atomic E-state index is 0. The van der Waals surface area contributed by atoms with E-state index in [0.717, 1.165) is 30.8 Å². The second kappa shape index (κ2) is 8.27. The molecule has 0 saturated carbocycles. The molecule has 4 nitrogen and oxygen atoms in total. The molecule has 2 heterocycles. The topological polar surface area (TPSA) is 45.2 Å². The number of rotatable bonds is 3. The summed E-state index contributed by atoms with van der Waals surface area (Å²) in [5.41, 5.74) is 4.59. The molecule has 1 atom stereocenters. The predicted molar refractivity (Wildman–Crippen MR) is 98.4 cm³/mol. The van der Waals surface area contributed by atoms with Crippen LogP contribution in [0.5, 0.6) is 0 Å². The third-order valence-electron chi connectivity index (χ3n) is 4.48. The summed E-state index contributed by atoms with van der Waals surface area (Å²) >= 11 is 0. The fourth-order valence-corrected chi connectivity index (χ4v) is 3.13. The molecule has 1 unspecified atom stereocenters. The zero-order chi connectivity index (χ0) is 16.2. The van der Waals surface area contributed by atoms with E-state index in [1.807, 2.05) is 23.2 Å². The lowest BCUT2D eigenvalue weighted by atomic mass is 10.00. The minimum Gasteiger partial charge on any atom is -0.333 e. The Morgan fingerprint density at radius 3 is 2.92 bits per heavy atom. The van der Waals surface area contributed by atoms with Gasteiger partial charge in [-0.05, 0) is 36.6 Å². The fourth-order valence-electron chi connectivity index (χ4n) is 3.13. The highest BCUT2D eigenvalue weighted by Crippen LogP contribution is 2.23. The first-order valence-corrected chi connectivity index (χ1v) is 8.11. The van der Waals surface area contributed by atoms with Crippen LogP contribution >= 0.6 is 12.4 Å². The summed E-state index contributed by atoms with van der Waals surface area (Å²) < 4.78 is 0. The Balaban J connectivity index is 0.00000208. The number of hydrogen-bond acceptors (Lipinski definition) is 3. The molecule has 1 fully saturated rings. The van der Waals surface area contributed by atoms with Gasteiger partial charge in [-0.1, -0.05) is 29.8 Å². The first kappa shape index (κ1) is 18.4. The molecule has 0 aliphatic carbocycles. The van der Waals surface area contributed by atoms with E-state index >= 15 is 0 Å². The molecular formula is C19H24ClN3O. The summed E-state index contributed by atoms with van der Waals surface area (Å²) in [4.78, 5) is 19.1. The van der Waals surface area contributed by atoms with Crippen molar-refractivity contribution in [2.45, 2.75) is 26.3 Å². The summed E-state index contributed by atoms with van der Waals surface area (Å²) in [5, 5.41) is 3.38. The summed E-state index contributed by atoms with van der Waals surface area (Å²) in [5.74, 6) is 0.189. The highest BCUT2D eigenvalue weighted by Gasteiger charge is 2.28. The molecule has 1 aromatic carbocycles. The van der Waals surface area contributed by atoms with Crippen LogP contribution in [0.25, 0.3) is 0 Å². The van der Waals surface area contributed by atoms with Crippen molar-refractivity contribution in [3.8, 4) is 0 Å². The standard InChI is InChI=1S/C19H23N3O.ClH/c1-14-5-6-15(2)17(10-14)11-19(23)22-9-8-21-13-18(22)16-4-3-7-20-12-16;/h3-7,10,12,18,21H,8-9,11,13H2,1-2H3;1H. The van der Waals surface area contributed by atoms with Crippen molar-refractivity contribution < 1.29 is 4.79 Å². The number of halogens is 1. The van der Waals surface area contributed by atoms with Crippen molar-refractivity contribution in [2.75, 3.05) is 19.6 Å². The molecule has 1 aliphatic rings. The summed E-state index contributed by atoms with van der Waals surface area (Å²) in [6.45, 7) is 6.50. The van der Waals surface area contributed by atoms with Gasteiger partial charge in [0.05, 0.1) is 12.5 Å². The van der Waals surface area contributed by atoms with Crippen molar-refractivity contribution in [2.24, 2.45) is 0 Å². The largest absolute Gasteiger partial charge is 0.333 e. The Labute approximate surface area is 149 Å². The Kier molecular flexibility index (Phi) is 6.35. The van der Waals surface area contributed by atoms with E-state index in [4.69, 9.17) is 0 Å². The number of aromatic nitrogens is 1. The van der Waals surface area contributed by atoms with Crippen molar-refractivity contribution in [1.82, 2.24) is 15.2 Å². The number of benzene rings is 1. The van der Waals surface area contributed by atoms with Crippen LogP contribution in [0.3, 0.4) is 0 Å². The van der Waals surface area contributed by atoms with Crippen LogP contribution in [0.15, 0.2) is 42.7 Å². The monoisotopic (exact) mass is 345 g/mol. The predicted octanol–water partition coefficient (Wildman–Crippen LogP) is 2.84. The third-order valence-corrected chi connectivity index (χ3v) is 4.48. The van der Waals surface area contributed by atoms with Gasteiger partial charge in [-0.25, -0.2) is 0 Å². The molecule has 0 radical (unpaired) electrons. The first-order valence-electron chi connectivity index (χ1n) is 8.11. The van der Waals surface area contributed by atoms with Gasteiger partial charge in [0.1, 0.15) is 0 Å². The van der Waals surface area contributed by atoms with Gasteiger partial charge in [0.25, 0.3) is 0 Å². The normalized spacial score (nSPS) is 17.2. The molecule has 3 rings (SSSR count). The lowest BCUT2D eigenvalue weighted by Gasteiger charge is -2.36. The molecule has 1 saturated heterocycles. The maximum absolute atomic E-state index is 12.9. The first-order chi connectivity index (χ1) is 11.1.